The van der Waals surface area contributed by atoms with Crippen molar-refractivity contribution in [3.63, 3.8) is 0 Å². The molecule has 0 bridgehead atoms. The molecule has 0 aliphatic carbocycles. The molecule has 32 heavy (non-hydrogen) atoms. The fraction of sp³-hybridized carbons (Fsp3) is 0.174. The average Bonchev–Trinajstić information content (AvgIpc) is 3.34. The van der Waals surface area contributed by atoms with E-state index < -0.39 is 0 Å². The summed E-state index contributed by atoms with van der Waals surface area (Å²) in [6, 6.07) is 13.1. The van der Waals surface area contributed by atoms with Crippen LogP contribution in [0.3, 0.4) is 0 Å². The van der Waals surface area contributed by atoms with Gasteiger partial charge in [-0.1, -0.05) is 35.3 Å². The Morgan fingerprint density at radius 1 is 0.969 bits per heavy atom. The van der Waals surface area contributed by atoms with Crippen molar-refractivity contribution in [1.29, 1.82) is 0 Å². The Morgan fingerprint density at radius 3 is 2.53 bits per heavy atom. The number of methoxy groups -OCH3 is 1. The smallest absolute Gasteiger partial charge is 0.259 e. The van der Waals surface area contributed by atoms with Gasteiger partial charge in [-0.3, -0.25) is 9.36 Å². The molecule has 9 heteroatoms. The van der Waals surface area contributed by atoms with Gasteiger partial charge in [-0.2, -0.15) is 15.4 Å². The Balaban J connectivity index is 1.81. The molecule has 7 nitrogen and oxygen atoms in total. The summed E-state index contributed by atoms with van der Waals surface area (Å²) in [5.74, 6) is 0. The van der Waals surface area contributed by atoms with E-state index >= 15 is 0 Å². The van der Waals surface area contributed by atoms with Gasteiger partial charge < -0.3 is 9.30 Å². The second-order valence-electron chi connectivity index (χ2n) is 7.63. The van der Waals surface area contributed by atoms with E-state index in [1.807, 2.05) is 29.8 Å². The number of aryl methyl sites for hydroxylation is 2. The minimum atomic E-state index is -0.133. The predicted molar refractivity (Wildman–Crippen MR) is 127 cm³/mol. The van der Waals surface area contributed by atoms with Crippen LogP contribution in [0.15, 0.2) is 47.3 Å². The number of aromatic nitrogens is 5. The molecule has 0 radical (unpaired) electrons. The van der Waals surface area contributed by atoms with E-state index in [2.05, 4.69) is 21.5 Å². The van der Waals surface area contributed by atoms with Gasteiger partial charge in [0.2, 0.25) is 0 Å². The van der Waals surface area contributed by atoms with Crippen molar-refractivity contribution in [2.45, 2.75) is 6.61 Å². The number of nitrogens with zero attached hydrogens (tertiary/aromatic N) is 4. The molecule has 0 fully saturated rings. The van der Waals surface area contributed by atoms with Crippen LogP contribution in [0.4, 0.5) is 0 Å². The first kappa shape index (κ1) is 20.8. The zero-order valence-electron chi connectivity index (χ0n) is 17.6. The lowest BCUT2D eigenvalue weighted by Crippen LogP contribution is -2.20. The summed E-state index contributed by atoms with van der Waals surface area (Å²) in [7, 11) is 5.34. The molecule has 0 saturated heterocycles. The first-order valence-corrected chi connectivity index (χ1v) is 10.6. The van der Waals surface area contributed by atoms with Crippen LogP contribution in [0, 0.1) is 0 Å². The Labute approximate surface area is 193 Å². The monoisotopic (exact) mass is 467 g/mol. The van der Waals surface area contributed by atoms with E-state index in [9.17, 15) is 4.79 Å². The predicted octanol–water partition coefficient (Wildman–Crippen LogP) is 4.94. The summed E-state index contributed by atoms with van der Waals surface area (Å²) in [4.78, 5) is 13.2. The molecule has 0 spiro atoms. The molecular weight excluding hydrogens is 449 g/mol. The number of hydrogen-bond donors (Lipinski definition) is 1. The van der Waals surface area contributed by atoms with Gasteiger partial charge in [-0.05, 0) is 30.3 Å². The second kappa shape index (κ2) is 7.78. The number of benzene rings is 2. The highest BCUT2D eigenvalue weighted by Crippen LogP contribution is 2.35. The van der Waals surface area contributed by atoms with Crippen LogP contribution in [0.25, 0.3) is 44.3 Å². The summed E-state index contributed by atoms with van der Waals surface area (Å²) < 4.78 is 8.91. The zero-order valence-corrected chi connectivity index (χ0v) is 19.1. The standard InChI is InChI=1S/C23H19Cl2N5O2/c1-29-20-7-4-12(21-19(11-32-3)26-28-27-21)8-15(20)16-10-17(23(31)30(2)22(16)29)14-6-5-13(24)9-18(14)25/h4-10H,11H2,1-3H3,(H,26,27,28). The van der Waals surface area contributed by atoms with Crippen LogP contribution in [0.1, 0.15) is 5.69 Å². The van der Waals surface area contributed by atoms with Crippen molar-refractivity contribution in [3.05, 3.63) is 68.6 Å². The van der Waals surface area contributed by atoms with Crippen LogP contribution in [-0.2, 0) is 25.4 Å². The third-order valence-electron chi connectivity index (χ3n) is 5.74. The minimum Gasteiger partial charge on any atom is -0.378 e. The summed E-state index contributed by atoms with van der Waals surface area (Å²) in [6.45, 7) is 0.354. The third-order valence-corrected chi connectivity index (χ3v) is 6.29. The Morgan fingerprint density at radius 2 is 1.78 bits per heavy atom. The van der Waals surface area contributed by atoms with Gasteiger partial charge in [0.05, 0.1) is 17.1 Å². The zero-order chi connectivity index (χ0) is 22.6. The highest BCUT2D eigenvalue weighted by Gasteiger charge is 2.19. The minimum absolute atomic E-state index is 0.133. The first-order chi connectivity index (χ1) is 15.4. The quantitative estimate of drug-likeness (QED) is 0.406. The highest BCUT2D eigenvalue weighted by molar-refractivity contribution is 6.36. The molecule has 0 unspecified atom stereocenters. The third kappa shape index (κ3) is 3.12. The molecular formula is C23H19Cl2N5O2. The number of nitrogens with one attached hydrogen (secondary N) is 1. The fourth-order valence-corrected chi connectivity index (χ4v) is 4.77. The van der Waals surface area contributed by atoms with Crippen molar-refractivity contribution in [2.75, 3.05) is 7.11 Å². The van der Waals surface area contributed by atoms with Crippen LogP contribution in [0.2, 0.25) is 10.0 Å². The normalized spacial score (nSPS) is 11.7. The molecule has 0 atom stereocenters. The fourth-order valence-electron chi connectivity index (χ4n) is 4.26. The largest absolute Gasteiger partial charge is 0.378 e. The van der Waals surface area contributed by atoms with Crippen LogP contribution < -0.4 is 5.56 Å². The lowest BCUT2D eigenvalue weighted by Gasteiger charge is -2.09. The van der Waals surface area contributed by atoms with E-state index in [0.717, 1.165) is 38.9 Å². The molecule has 0 saturated carbocycles. The molecule has 1 N–H and O–H groups in total. The van der Waals surface area contributed by atoms with Crippen molar-refractivity contribution < 1.29 is 4.74 Å². The summed E-state index contributed by atoms with van der Waals surface area (Å²) in [5, 5.41) is 14.1. The maximum absolute atomic E-state index is 13.2. The van der Waals surface area contributed by atoms with Crippen molar-refractivity contribution in [3.8, 4) is 22.4 Å². The number of rotatable bonds is 4. The van der Waals surface area contributed by atoms with E-state index in [4.69, 9.17) is 27.9 Å². The molecule has 5 rings (SSSR count). The lowest BCUT2D eigenvalue weighted by molar-refractivity contribution is 0.182. The number of ether oxygens (including phenoxy) is 1. The maximum atomic E-state index is 13.2. The summed E-state index contributed by atoms with van der Waals surface area (Å²) >= 11 is 12.5. The molecule has 162 valence electrons. The van der Waals surface area contributed by atoms with Crippen LogP contribution in [0.5, 0.6) is 0 Å². The Kier molecular flexibility index (Phi) is 5.04. The molecule has 0 aliphatic rings. The topological polar surface area (TPSA) is 77.7 Å². The van der Waals surface area contributed by atoms with Gasteiger partial charge in [0, 0.05) is 53.7 Å². The van der Waals surface area contributed by atoms with Crippen molar-refractivity contribution in [2.24, 2.45) is 14.1 Å². The van der Waals surface area contributed by atoms with Crippen molar-refractivity contribution >= 4 is 45.1 Å². The van der Waals surface area contributed by atoms with Gasteiger partial charge in [0.15, 0.2) is 0 Å². The second-order valence-corrected chi connectivity index (χ2v) is 8.47. The highest BCUT2D eigenvalue weighted by atomic mass is 35.5. The number of hydrogen-bond acceptors (Lipinski definition) is 4. The van der Waals surface area contributed by atoms with Gasteiger partial charge in [0.25, 0.3) is 5.56 Å². The van der Waals surface area contributed by atoms with Gasteiger partial charge in [-0.25, -0.2) is 0 Å². The van der Waals surface area contributed by atoms with E-state index in [-0.39, 0.29) is 5.56 Å². The lowest BCUT2D eigenvalue weighted by atomic mass is 10.0. The number of pyridine rings is 1. The number of H-pyrrole nitrogens is 1. The van der Waals surface area contributed by atoms with E-state index in [1.54, 1.807) is 36.9 Å². The number of fused-ring (bicyclic) bond motifs is 3. The molecule has 0 aliphatic heterocycles. The Hall–Kier alpha value is -3.13. The first-order valence-electron chi connectivity index (χ1n) is 9.87. The molecule has 0 amide bonds. The van der Waals surface area contributed by atoms with Crippen LogP contribution in [-0.4, -0.2) is 31.7 Å². The summed E-state index contributed by atoms with van der Waals surface area (Å²) in [6.07, 6.45) is 0. The van der Waals surface area contributed by atoms with Crippen LogP contribution >= 0.6 is 23.2 Å². The molecule has 5 aromatic rings. The molecule has 3 heterocycles. The maximum Gasteiger partial charge on any atom is 0.259 e. The molecule has 3 aromatic heterocycles. The average molecular weight is 468 g/mol. The van der Waals surface area contributed by atoms with Gasteiger partial charge in [0.1, 0.15) is 17.0 Å². The van der Waals surface area contributed by atoms with Crippen molar-refractivity contribution in [1.82, 2.24) is 24.5 Å². The summed E-state index contributed by atoms with van der Waals surface area (Å²) in [5.41, 5.74) is 5.21. The molecule has 2 aromatic carbocycles. The van der Waals surface area contributed by atoms with E-state index in [0.29, 0.717) is 27.8 Å². The van der Waals surface area contributed by atoms with Gasteiger partial charge in [-0.15, -0.1) is 0 Å². The SMILES string of the molecule is COCc1n[nH]nc1-c1ccc2c(c1)c1cc(-c3ccc(Cl)cc3Cl)c(=O)n(C)c1n2C. The number of halogens is 2. The van der Waals surface area contributed by atoms with E-state index in [1.165, 1.54) is 0 Å². The van der Waals surface area contributed by atoms with Gasteiger partial charge >= 0.3 is 0 Å². The Bertz CT molecular complexity index is 1560. The number of aromatic amines is 1.